The molecule has 16 rings (SSSR count). The lowest BCUT2D eigenvalue weighted by molar-refractivity contribution is -0.247. The minimum Gasteiger partial charge on any atom is -0.861 e. The Kier molecular flexibility index (Phi) is 35.0. The summed E-state index contributed by atoms with van der Waals surface area (Å²) in [4.78, 5) is 54.4. The van der Waals surface area contributed by atoms with Gasteiger partial charge in [-0.15, -0.1) is 0 Å². The number of hydrogen-bond acceptors (Lipinski definition) is 11. The van der Waals surface area contributed by atoms with Crippen LogP contribution in [0.3, 0.4) is 0 Å². The molecule has 0 aliphatic heterocycles. The quantitative estimate of drug-likeness (QED) is 0.0242. The number of benzene rings is 12. The number of aliphatic imine (C=N–C) groups is 1. The molecule has 4 bridgehead atoms. The smallest absolute Gasteiger partial charge is 0.323 e. The molecule has 0 N–H and O–H groups in total. The van der Waals surface area contributed by atoms with Crippen molar-refractivity contribution >= 4 is 83.2 Å². The topological polar surface area (TPSA) is 193 Å². The predicted molar refractivity (Wildman–Crippen MR) is 480 cm³/mol. The zero-order valence-corrected chi connectivity index (χ0v) is 73.2. The SMILES string of the molecule is CCCC([O-])=NS(=O)(=O)CC(=O)OCC(C)F.CCOC(=O)C12CC3CC(C1)CC(C([O-])=NC(C)=O)(C3)C2.COc1ccc([S+](c2ccccc2)c2ccccc2)cc1.COc1ccc([S+](c2ccccc2)c2ccccc2)cc1.Cc1ccc([S+](c2ccccc2)c2ccccc2)cc1.Cc1ccc([S+](c2ccccc2)c2ccccc2)cc1. The highest BCUT2D eigenvalue weighted by atomic mass is 32.2. The van der Waals surface area contributed by atoms with Crippen molar-refractivity contribution < 1.29 is 56.4 Å². The van der Waals surface area contributed by atoms with Gasteiger partial charge in [0.25, 0.3) is 10.0 Å². The van der Waals surface area contributed by atoms with Gasteiger partial charge in [0.2, 0.25) is 5.91 Å². The first-order valence-electron chi connectivity index (χ1n) is 40.1. The molecule has 3 unspecified atom stereocenters. The van der Waals surface area contributed by atoms with Crippen LogP contribution in [0.2, 0.25) is 0 Å². The Balaban J connectivity index is 0.000000152. The van der Waals surface area contributed by atoms with Crippen molar-refractivity contribution in [2.75, 3.05) is 33.2 Å². The predicted octanol–water partition coefficient (Wildman–Crippen LogP) is 21.0. The van der Waals surface area contributed by atoms with E-state index in [2.05, 4.69) is 343 Å². The van der Waals surface area contributed by atoms with Gasteiger partial charge in [-0.2, -0.15) is 4.40 Å². The maximum Gasteiger partial charge on any atom is 0.323 e. The Bertz CT molecular complexity index is 4860. The van der Waals surface area contributed by atoms with E-state index in [9.17, 15) is 37.4 Å². The average Bonchev–Trinajstić information content (AvgIpc) is 0.710. The third-order valence-electron chi connectivity index (χ3n) is 19.9. The third kappa shape index (κ3) is 26.8. The second kappa shape index (κ2) is 46.0. The summed E-state index contributed by atoms with van der Waals surface area (Å²) in [6.45, 7) is 10.1. The number of esters is 2. The maximum atomic E-state index is 12.5. The number of sulfonamides is 1. The van der Waals surface area contributed by atoms with Crippen LogP contribution in [-0.2, 0) is 77.5 Å². The van der Waals surface area contributed by atoms with Gasteiger partial charge in [0.1, 0.15) is 24.3 Å². The monoisotopic (exact) mass is 1700 g/mol. The van der Waals surface area contributed by atoms with E-state index in [1.807, 2.05) is 31.2 Å². The summed E-state index contributed by atoms with van der Waals surface area (Å²) >= 11 is 0. The van der Waals surface area contributed by atoms with Crippen molar-refractivity contribution in [1.82, 2.24) is 0 Å². The molecule has 0 spiro atoms. The fraction of sp³-hybridized carbons (Fsp3) is 0.238. The van der Waals surface area contributed by atoms with Gasteiger partial charge in [-0.3, -0.25) is 14.4 Å². The standard InChI is InChI=1S/2C19H17OS.2C19H17S.C16H23NO4.C9H16FNO5S/c2*1-20-16-12-14-19(15-13-16)21(17-8-4-2-5-9-17)18-10-6-3-7-11-18;2*1-16-12-14-19(15-13-16)20(17-8-4-2-5-9-17)18-10-6-3-7-11-18;1-3-21-14(20)16-7-11-4-12(8-16)6-15(5-11,9-16)13(19)17-10(2)18;1-3-4-8(12)11-17(14,15)6-9(13)16-5-7(2)10/h2*2-15H,1H3;2*2-15H,1H3;11-12H,3-9H2,1-2H3,(H,17,18,19);7H,3-6H2,1-2H3,(H,11,12)/q4*+1;;/p-2. The highest BCUT2D eigenvalue weighted by Crippen LogP contribution is 2.65. The molecule has 4 saturated carbocycles. The molecule has 19 heteroatoms. The highest BCUT2D eigenvalue weighted by molar-refractivity contribution is 7.98. The number of ether oxygens (including phenoxy) is 4. The largest absolute Gasteiger partial charge is 0.861 e. The summed E-state index contributed by atoms with van der Waals surface area (Å²) in [6, 6.07) is 120. The van der Waals surface area contributed by atoms with Crippen molar-refractivity contribution in [2.24, 2.45) is 32.1 Å². The van der Waals surface area contributed by atoms with E-state index in [4.69, 9.17) is 14.2 Å². The first kappa shape index (κ1) is 91.4. The van der Waals surface area contributed by atoms with E-state index in [1.54, 1.807) is 21.1 Å². The number of hydrogen-bond donors (Lipinski definition) is 0. The van der Waals surface area contributed by atoms with E-state index in [-0.39, 0.29) is 61.9 Å². The van der Waals surface area contributed by atoms with Gasteiger partial charge in [-0.25, -0.2) is 17.8 Å². The molecule has 0 saturated heterocycles. The van der Waals surface area contributed by atoms with Gasteiger partial charge in [0.15, 0.2) is 64.5 Å². The van der Waals surface area contributed by atoms with Crippen LogP contribution >= 0.6 is 0 Å². The van der Waals surface area contributed by atoms with E-state index >= 15 is 0 Å². The van der Waals surface area contributed by atoms with Gasteiger partial charge in [0, 0.05) is 12.3 Å². The van der Waals surface area contributed by atoms with Gasteiger partial charge in [-0.05, 0) is 266 Å². The van der Waals surface area contributed by atoms with Gasteiger partial charge in [0.05, 0.1) is 69.8 Å². The number of methoxy groups -OCH3 is 2. The minimum atomic E-state index is -4.17. The lowest BCUT2D eigenvalue weighted by Gasteiger charge is -2.62. The van der Waals surface area contributed by atoms with Crippen molar-refractivity contribution in [2.45, 2.75) is 158 Å². The molecule has 13 nitrogen and oxygen atoms in total. The number of carbonyl (C=O) groups is 3. The number of aryl methyl sites for hydroxylation is 2. The fourth-order valence-electron chi connectivity index (χ4n) is 15.0. The summed E-state index contributed by atoms with van der Waals surface area (Å²) in [5, 5.41) is 23.4. The summed E-state index contributed by atoms with van der Waals surface area (Å²) in [5.74, 6) is -1.32. The molecule has 0 aromatic heterocycles. The van der Waals surface area contributed by atoms with Crippen LogP contribution in [0.4, 0.5) is 4.39 Å². The summed E-state index contributed by atoms with van der Waals surface area (Å²) in [6.07, 6.45) is 3.91. The third-order valence-corrected chi connectivity index (χ3v) is 29.9. The molecule has 4 aliphatic rings. The Labute approximate surface area is 719 Å². The van der Waals surface area contributed by atoms with Gasteiger partial charge in [-0.1, -0.05) is 194 Å². The summed E-state index contributed by atoms with van der Waals surface area (Å²) < 4.78 is 57.7. The summed E-state index contributed by atoms with van der Waals surface area (Å²) in [5.41, 5.74) is 1.50. The Morgan fingerprint density at radius 2 is 0.708 bits per heavy atom. The molecule has 0 heterocycles. The normalized spacial score (nSPS) is 16.5. The number of amides is 1. The van der Waals surface area contributed by atoms with Crippen LogP contribution in [0.25, 0.3) is 0 Å². The fourth-order valence-corrected chi connectivity index (χ4v) is 24.2. The van der Waals surface area contributed by atoms with Gasteiger partial charge >= 0.3 is 11.9 Å². The zero-order chi connectivity index (χ0) is 85.3. The van der Waals surface area contributed by atoms with Crippen LogP contribution in [0.5, 0.6) is 11.5 Å². The van der Waals surface area contributed by atoms with Crippen LogP contribution in [-0.4, -0.2) is 77.4 Å². The van der Waals surface area contributed by atoms with Crippen LogP contribution in [0.15, 0.2) is 408 Å². The van der Waals surface area contributed by atoms with E-state index in [1.165, 1.54) is 76.8 Å². The molecule has 0 radical (unpaired) electrons. The van der Waals surface area contributed by atoms with Crippen molar-refractivity contribution in [3.8, 4) is 11.5 Å². The highest BCUT2D eigenvalue weighted by Gasteiger charge is 2.61. The minimum absolute atomic E-state index is 0.00417. The van der Waals surface area contributed by atoms with Crippen molar-refractivity contribution in [3.63, 3.8) is 0 Å². The maximum absolute atomic E-state index is 12.5. The molecular weight excluding hydrogens is 1600 g/mol. The van der Waals surface area contributed by atoms with Crippen molar-refractivity contribution in [3.05, 3.63) is 351 Å². The van der Waals surface area contributed by atoms with E-state index < -0.39 is 57.2 Å². The Hall–Kier alpha value is -10.9. The molecular formula is C101H105FN2O11S5+2. The number of rotatable bonds is 24. The first-order valence-corrected chi connectivity index (χ1v) is 46.6. The van der Waals surface area contributed by atoms with E-state index in [0.717, 1.165) is 50.5 Å². The molecule has 620 valence electrons. The molecule has 120 heavy (non-hydrogen) atoms. The summed E-state index contributed by atoms with van der Waals surface area (Å²) in [7, 11) is -0.983. The second-order valence-electron chi connectivity index (χ2n) is 29.3. The van der Waals surface area contributed by atoms with Crippen LogP contribution in [0, 0.1) is 36.5 Å². The lowest BCUT2D eigenvalue weighted by atomic mass is 9.44. The molecule has 4 aliphatic carbocycles. The number of alkyl halides is 1. The van der Waals surface area contributed by atoms with E-state index in [0.29, 0.717) is 31.3 Å². The first-order chi connectivity index (χ1) is 58.1. The average molecular weight is 1700 g/mol. The molecule has 1 amide bonds. The number of carbonyl (C=O) groups excluding carboxylic acids is 3. The lowest BCUT2D eigenvalue weighted by Crippen LogP contribution is -2.60. The number of nitrogens with zero attached hydrogens (tertiary/aromatic N) is 2. The van der Waals surface area contributed by atoms with Crippen LogP contribution < -0.4 is 19.7 Å². The number of halogens is 1. The van der Waals surface area contributed by atoms with Crippen LogP contribution in [0.1, 0.15) is 90.2 Å². The zero-order valence-electron chi connectivity index (χ0n) is 69.1. The molecule has 3 atom stereocenters. The molecule has 4 fully saturated rings. The van der Waals surface area contributed by atoms with Crippen molar-refractivity contribution in [1.29, 1.82) is 0 Å². The molecule has 12 aromatic rings. The second-order valence-corrected chi connectivity index (χ2v) is 39.1. The Morgan fingerprint density at radius 1 is 0.433 bits per heavy atom. The Morgan fingerprint density at radius 3 is 0.967 bits per heavy atom. The molecule has 12 aromatic carbocycles. The van der Waals surface area contributed by atoms with Gasteiger partial charge < -0.3 is 29.2 Å².